The lowest BCUT2D eigenvalue weighted by molar-refractivity contribution is 0.444. The van der Waals surface area contributed by atoms with E-state index in [9.17, 15) is 0 Å². The highest BCUT2D eigenvalue weighted by molar-refractivity contribution is 5.99. The van der Waals surface area contributed by atoms with E-state index in [1.165, 1.54) is 36.9 Å². The minimum Gasteiger partial charge on any atom is -0.384 e. The van der Waals surface area contributed by atoms with Gasteiger partial charge >= 0.3 is 0 Å². The van der Waals surface area contributed by atoms with E-state index < -0.39 is 0 Å². The minimum absolute atomic E-state index is 0.152. The molecule has 4 heteroatoms. The summed E-state index contributed by atoms with van der Waals surface area (Å²) in [6.07, 6.45) is 7.11. The molecule has 0 radical (unpaired) electrons. The van der Waals surface area contributed by atoms with Crippen LogP contribution in [0.15, 0.2) is 6.07 Å². The summed E-state index contributed by atoms with van der Waals surface area (Å²) in [4.78, 5) is 7.23. The van der Waals surface area contributed by atoms with E-state index in [-0.39, 0.29) is 5.84 Å². The number of amidine groups is 1. The van der Waals surface area contributed by atoms with E-state index in [0.29, 0.717) is 5.92 Å². The maximum absolute atomic E-state index is 7.87. The predicted octanol–water partition coefficient (Wildman–Crippen LogP) is 2.48. The van der Waals surface area contributed by atoms with E-state index in [0.717, 1.165) is 37.3 Å². The van der Waals surface area contributed by atoms with Gasteiger partial charge < -0.3 is 10.6 Å². The number of nitrogens with two attached hydrogens (primary N) is 1. The third kappa shape index (κ3) is 2.51. The van der Waals surface area contributed by atoms with Gasteiger partial charge in [0.15, 0.2) is 0 Å². The Bertz CT molecular complexity index is 523. The quantitative estimate of drug-likeness (QED) is 0.642. The number of pyridine rings is 1. The van der Waals surface area contributed by atoms with Gasteiger partial charge in [-0.3, -0.25) is 5.41 Å². The Morgan fingerprint density at radius 1 is 1.35 bits per heavy atom. The third-order valence-corrected chi connectivity index (χ3v) is 4.53. The Kier molecular flexibility index (Phi) is 3.64. The molecule has 1 aromatic rings. The van der Waals surface area contributed by atoms with Gasteiger partial charge in [0.05, 0.1) is 5.56 Å². The minimum atomic E-state index is 0.152. The number of piperidine rings is 1. The van der Waals surface area contributed by atoms with Gasteiger partial charge in [-0.25, -0.2) is 4.98 Å². The highest BCUT2D eigenvalue weighted by atomic mass is 15.2. The SMILES string of the molecule is CC1CCCN(c2nc3c(cc2C(=N)N)CCCC3)C1. The number of anilines is 1. The van der Waals surface area contributed by atoms with Crippen LogP contribution in [-0.4, -0.2) is 23.9 Å². The Hall–Kier alpha value is -1.58. The highest BCUT2D eigenvalue weighted by Gasteiger charge is 2.23. The number of rotatable bonds is 2. The standard InChI is InChI=1S/C16H24N4/c1-11-5-4-8-20(10-11)16-13(15(17)18)9-12-6-2-3-7-14(12)19-16/h9,11H,2-8,10H2,1H3,(H3,17,18). The molecule has 0 aromatic carbocycles. The molecule has 1 aliphatic carbocycles. The van der Waals surface area contributed by atoms with Crippen LogP contribution in [0, 0.1) is 11.3 Å². The summed E-state index contributed by atoms with van der Waals surface area (Å²) in [7, 11) is 0. The molecule has 1 aliphatic heterocycles. The fourth-order valence-corrected chi connectivity index (χ4v) is 3.44. The van der Waals surface area contributed by atoms with E-state index in [2.05, 4.69) is 17.9 Å². The average molecular weight is 272 g/mol. The second-order valence-electron chi connectivity index (χ2n) is 6.28. The third-order valence-electron chi connectivity index (χ3n) is 4.53. The second kappa shape index (κ2) is 5.43. The zero-order valence-electron chi connectivity index (χ0n) is 12.3. The molecule has 0 spiro atoms. The molecule has 20 heavy (non-hydrogen) atoms. The number of nitrogen functional groups attached to an aromatic ring is 1. The monoisotopic (exact) mass is 272 g/mol. The van der Waals surface area contributed by atoms with Crippen LogP contribution < -0.4 is 10.6 Å². The van der Waals surface area contributed by atoms with Crippen molar-refractivity contribution in [3.8, 4) is 0 Å². The molecule has 0 amide bonds. The molecule has 0 saturated carbocycles. The van der Waals surface area contributed by atoms with Crippen LogP contribution in [0.1, 0.15) is 49.4 Å². The number of hydrogen-bond acceptors (Lipinski definition) is 3. The molecule has 1 aromatic heterocycles. The maximum Gasteiger partial charge on any atom is 0.139 e. The lowest BCUT2D eigenvalue weighted by Crippen LogP contribution is -2.36. The van der Waals surface area contributed by atoms with Crippen molar-refractivity contribution in [2.75, 3.05) is 18.0 Å². The summed E-state index contributed by atoms with van der Waals surface area (Å²) in [6, 6.07) is 2.12. The molecule has 1 unspecified atom stereocenters. The summed E-state index contributed by atoms with van der Waals surface area (Å²) in [5.74, 6) is 1.80. The van der Waals surface area contributed by atoms with Gasteiger partial charge in [0.2, 0.25) is 0 Å². The van der Waals surface area contributed by atoms with E-state index in [1.54, 1.807) is 0 Å². The zero-order valence-corrected chi connectivity index (χ0v) is 12.3. The molecule has 3 rings (SSSR count). The molecule has 4 nitrogen and oxygen atoms in total. The summed E-state index contributed by atoms with van der Waals surface area (Å²) in [5.41, 5.74) is 9.17. The number of fused-ring (bicyclic) bond motifs is 1. The number of aromatic nitrogens is 1. The van der Waals surface area contributed by atoms with E-state index in [4.69, 9.17) is 16.1 Å². The predicted molar refractivity (Wildman–Crippen MR) is 82.5 cm³/mol. The van der Waals surface area contributed by atoms with E-state index >= 15 is 0 Å². The van der Waals surface area contributed by atoms with Crippen molar-refractivity contribution in [3.63, 3.8) is 0 Å². The molecular formula is C16H24N4. The fourth-order valence-electron chi connectivity index (χ4n) is 3.44. The topological polar surface area (TPSA) is 66.0 Å². The first kappa shape index (κ1) is 13.4. The van der Waals surface area contributed by atoms with Gasteiger partial charge in [-0.2, -0.15) is 0 Å². The van der Waals surface area contributed by atoms with Crippen molar-refractivity contribution in [3.05, 3.63) is 22.9 Å². The molecule has 2 aliphatic rings. The summed E-state index contributed by atoms with van der Waals surface area (Å²) in [5, 5.41) is 7.87. The normalized spacial score (nSPS) is 22.4. The van der Waals surface area contributed by atoms with Crippen molar-refractivity contribution in [1.29, 1.82) is 5.41 Å². The van der Waals surface area contributed by atoms with Crippen LogP contribution >= 0.6 is 0 Å². The zero-order chi connectivity index (χ0) is 14.1. The van der Waals surface area contributed by atoms with Crippen LogP contribution in [0.25, 0.3) is 0 Å². The molecule has 0 bridgehead atoms. The molecule has 3 N–H and O–H groups in total. The summed E-state index contributed by atoms with van der Waals surface area (Å²) >= 11 is 0. The highest BCUT2D eigenvalue weighted by Crippen LogP contribution is 2.29. The van der Waals surface area contributed by atoms with Crippen molar-refractivity contribution in [2.24, 2.45) is 11.7 Å². The first-order valence-electron chi connectivity index (χ1n) is 7.77. The van der Waals surface area contributed by atoms with Crippen LogP contribution in [0.5, 0.6) is 0 Å². The maximum atomic E-state index is 7.87. The van der Waals surface area contributed by atoms with Crippen LogP contribution in [0.2, 0.25) is 0 Å². The van der Waals surface area contributed by atoms with Crippen molar-refractivity contribution in [1.82, 2.24) is 4.98 Å². The van der Waals surface area contributed by atoms with Crippen LogP contribution in [0.4, 0.5) is 5.82 Å². The lowest BCUT2D eigenvalue weighted by Gasteiger charge is -2.34. The van der Waals surface area contributed by atoms with Crippen LogP contribution in [0.3, 0.4) is 0 Å². The number of nitrogens with zero attached hydrogens (tertiary/aromatic N) is 2. The first-order valence-corrected chi connectivity index (χ1v) is 7.77. The fraction of sp³-hybridized carbons (Fsp3) is 0.625. The van der Waals surface area contributed by atoms with Crippen LogP contribution in [-0.2, 0) is 12.8 Å². The Labute approximate surface area is 120 Å². The van der Waals surface area contributed by atoms with Crippen molar-refractivity contribution >= 4 is 11.7 Å². The van der Waals surface area contributed by atoms with Crippen molar-refractivity contribution in [2.45, 2.75) is 45.4 Å². The molecule has 1 fully saturated rings. The first-order chi connectivity index (χ1) is 9.65. The number of nitrogens with one attached hydrogen (secondary N) is 1. The summed E-state index contributed by atoms with van der Waals surface area (Å²) < 4.78 is 0. The van der Waals surface area contributed by atoms with Crippen molar-refractivity contribution < 1.29 is 0 Å². The Balaban J connectivity index is 2.01. The average Bonchev–Trinajstić information content (AvgIpc) is 2.46. The molecule has 108 valence electrons. The lowest BCUT2D eigenvalue weighted by atomic mass is 9.93. The molecule has 1 saturated heterocycles. The Morgan fingerprint density at radius 3 is 2.90 bits per heavy atom. The molecular weight excluding hydrogens is 248 g/mol. The van der Waals surface area contributed by atoms with Gasteiger partial charge in [-0.05, 0) is 56.1 Å². The van der Waals surface area contributed by atoms with E-state index in [1.807, 2.05) is 0 Å². The summed E-state index contributed by atoms with van der Waals surface area (Å²) in [6.45, 7) is 4.36. The van der Waals surface area contributed by atoms with Gasteiger partial charge in [0.1, 0.15) is 11.7 Å². The number of hydrogen-bond donors (Lipinski definition) is 2. The number of aryl methyl sites for hydroxylation is 2. The smallest absolute Gasteiger partial charge is 0.139 e. The molecule has 1 atom stereocenters. The van der Waals surface area contributed by atoms with Gasteiger partial charge in [0, 0.05) is 18.8 Å². The van der Waals surface area contributed by atoms with Gasteiger partial charge in [-0.1, -0.05) is 6.92 Å². The largest absolute Gasteiger partial charge is 0.384 e. The van der Waals surface area contributed by atoms with Gasteiger partial charge in [0.25, 0.3) is 0 Å². The Morgan fingerprint density at radius 2 is 2.15 bits per heavy atom. The second-order valence-corrected chi connectivity index (χ2v) is 6.28. The van der Waals surface area contributed by atoms with Gasteiger partial charge in [-0.15, -0.1) is 0 Å². The molecule has 2 heterocycles.